The van der Waals surface area contributed by atoms with Gasteiger partial charge < -0.3 is 14.6 Å². The number of nitrogens with one attached hydrogen (secondary N) is 1. The van der Waals surface area contributed by atoms with Gasteiger partial charge in [0.2, 0.25) is 17.6 Å². The van der Waals surface area contributed by atoms with E-state index in [1.54, 1.807) is 19.2 Å². The molecule has 1 saturated heterocycles. The van der Waals surface area contributed by atoms with Crippen LogP contribution < -0.4 is 10.1 Å². The molecular formula is C13H17N5O2. The van der Waals surface area contributed by atoms with Crippen molar-refractivity contribution in [2.24, 2.45) is 5.92 Å². The number of hydrogen-bond donors (Lipinski definition) is 1. The SMILES string of the molecule is COc1ccc(-c2noc(CCC3CCNC3)n2)nn1. The molecule has 2 aromatic heterocycles. The first-order valence-corrected chi connectivity index (χ1v) is 6.76. The Morgan fingerprint density at radius 2 is 2.35 bits per heavy atom. The molecule has 7 heteroatoms. The fourth-order valence-corrected chi connectivity index (χ4v) is 2.30. The molecule has 1 N–H and O–H groups in total. The van der Waals surface area contributed by atoms with Crippen LogP contribution in [0.3, 0.4) is 0 Å². The highest BCUT2D eigenvalue weighted by Crippen LogP contribution is 2.18. The highest BCUT2D eigenvalue weighted by Gasteiger charge is 2.16. The van der Waals surface area contributed by atoms with E-state index in [9.17, 15) is 0 Å². The predicted octanol–water partition coefficient (Wildman–Crippen LogP) is 1.08. The number of methoxy groups -OCH3 is 1. The van der Waals surface area contributed by atoms with Crippen molar-refractivity contribution < 1.29 is 9.26 Å². The maximum atomic E-state index is 5.25. The minimum atomic E-state index is 0.464. The minimum Gasteiger partial charge on any atom is -0.480 e. The molecule has 1 aliphatic rings. The van der Waals surface area contributed by atoms with Crippen LogP contribution in [0.4, 0.5) is 0 Å². The summed E-state index contributed by atoms with van der Waals surface area (Å²) in [7, 11) is 1.55. The summed E-state index contributed by atoms with van der Waals surface area (Å²) in [4.78, 5) is 4.36. The highest BCUT2D eigenvalue weighted by atomic mass is 16.5. The summed E-state index contributed by atoms with van der Waals surface area (Å²) >= 11 is 0. The molecule has 0 spiro atoms. The molecule has 0 radical (unpaired) electrons. The predicted molar refractivity (Wildman–Crippen MR) is 71.2 cm³/mol. The Morgan fingerprint density at radius 3 is 3.05 bits per heavy atom. The molecular weight excluding hydrogens is 258 g/mol. The van der Waals surface area contributed by atoms with Crippen LogP contribution in [-0.4, -0.2) is 40.5 Å². The van der Waals surface area contributed by atoms with Gasteiger partial charge in [0.05, 0.1) is 7.11 Å². The van der Waals surface area contributed by atoms with E-state index in [-0.39, 0.29) is 0 Å². The van der Waals surface area contributed by atoms with Crippen molar-refractivity contribution in [2.75, 3.05) is 20.2 Å². The van der Waals surface area contributed by atoms with Gasteiger partial charge in [-0.25, -0.2) is 0 Å². The molecule has 0 amide bonds. The van der Waals surface area contributed by atoms with Crippen LogP contribution in [0.2, 0.25) is 0 Å². The Morgan fingerprint density at radius 1 is 1.40 bits per heavy atom. The van der Waals surface area contributed by atoms with Crippen molar-refractivity contribution in [1.29, 1.82) is 0 Å². The Labute approximate surface area is 116 Å². The van der Waals surface area contributed by atoms with Crippen molar-refractivity contribution in [1.82, 2.24) is 25.7 Å². The average molecular weight is 275 g/mol. The van der Waals surface area contributed by atoms with Crippen LogP contribution in [0.1, 0.15) is 18.7 Å². The number of hydrogen-bond acceptors (Lipinski definition) is 7. The second-order valence-corrected chi connectivity index (χ2v) is 4.87. The lowest BCUT2D eigenvalue weighted by Crippen LogP contribution is -2.09. The van der Waals surface area contributed by atoms with E-state index in [1.807, 2.05) is 0 Å². The molecule has 1 unspecified atom stereocenters. The molecule has 1 atom stereocenters. The lowest BCUT2D eigenvalue weighted by molar-refractivity contribution is 0.365. The van der Waals surface area contributed by atoms with E-state index in [1.165, 1.54) is 6.42 Å². The van der Waals surface area contributed by atoms with Gasteiger partial charge in [-0.1, -0.05) is 5.16 Å². The van der Waals surface area contributed by atoms with E-state index in [2.05, 4.69) is 25.7 Å². The van der Waals surface area contributed by atoms with Crippen LogP contribution in [0.25, 0.3) is 11.5 Å². The van der Waals surface area contributed by atoms with Gasteiger partial charge in [-0.05, 0) is 37.9 Å². The number of rotatable bonds is 5. The highest BCUT2D eigenvalue weighted by molar-refractivity contribution is 5.47. The van der Waals surface area contributed by atoms with Gasteiger partial charge in [-0.2, -0.15) is 4.98 Å². The van der Waals surface area contributed by atoms with Crippen LogP contribution in [0.5, 0.6) is 5.88 Å². The van der Waals surface area contributed by atoms with E-state index in [0.717, 1.165) is 25.9 Å². The smallest absolute Gasteiger partial charge is 0.233 e. The fraction of sp³-hybridized carbons (Fsp3) is 0.538. The zero-order valence-electron chi connectivity index (χ0n) is 11.4. The average Bonchev–Trinajstić information content (AvgIpc) is 3.17. The minimum absolute atomic E-state index is 0.464. The van der Waals surface area contributed by atoms with Gasteiger partial charge in [0.15, 0.2) is 0 Å². The maximum Gasteiger partial charge on any atom is 0.233 e. The van der Waals surface area contributed by atoms with Crippen molar-refractivity contribution in [2.45, 2.75) is 19.3 Å². The summed E-state index contributed by atoms with van der Waals surface area (Å²) in [6, 6.07) is 3.49. The first-order valence-electron chi connectivity index (χ1n) is 6.76. The van der Waals surface area contributed by atoms with Gasteiger partial charge in [0.1, 0.15) is 5.69 Å². The van der Waals surface area contributed by atoms with Gasteiger partial charge in [-0.3, -0.25) is 0 Å². The van der Waals surface area contributed by atoms with E-state index < -0.39 is 0 Å². The summed E-state index contributed by atoms with van der Waals surface area (Å²) in [6.45, 7) is 2.20. The molecule has 3 rings (SSSR count). The maximum absolute atomic E-state index is 5.25. The summed E-state index contributed by atoms with van der Waals surface area (Å²) in [6.07, 6.45) is 3.11. The van der Waals surface area contributed by atoms with Crippen LogP contribution >= 0.6 is 0 Å². The lowest BCUT2D eigenvalue weighted by atomic mass is 10.0. The van der Waals surface area contributed by atoms with Crippen LogP contribution in [0, 0.1) is 5.92 Å². The molecule has 1 aliphatic heterocycles. The summed E-state index contributed by atoms with van der Waals surface area (Å²) in [5.41, 5.74) is 0.586. The summed E-state index contributed by atoms with van der Waals surface area (Å²) in [5, 5.41) is 15.2. The summed E-state index contributed by atoms with van der Waals surface area (Å²) in [5.74, 6) is 2.31. The first-order chi connectivity index (χ1) is 9.85. The number of aryl methyl sites for hydroxylation is 1. The third-order valence-electron chi connectivity index (χ3n) is 3.48. The van der Waals surface area contributed by atoms with Gasteiger partial charge in [0.25, 0.3) is 0 Å². The third kappa shape index (κ3) is 2.93. The standard InChI is InChI=1S/C13H17N5O2/c1-19-12-5-3-10(16-17-12)13-15-11(20-18-13)4-2-9-6-7-14-8-9/h3,5,9,14H,2,4,6-8H2,1H3. The Balaban J connectivity index is 1.62. The third-order valence-corrected chi connectivity index (χ3v) is 3.48. The van der Waals surface area contributed by atoms with Gasteiger partial charge >= 0.3 is 0 Å². The Kier molecular flexibility index (Phi) is 3.87. The normalized spacial score (nSPS) is 18.4. The molecule has 3 heterocycles. The molecule has 106 valence electrons. The number of aromatic nitrogens is 4. The quantitative estimate of drug-likeness (QED) is 0.873. The van der Waals surface area contributed by atoms with E-state index >= 15 is 0 Å². The lowest BCUT2D eigenvalue weighted by Gasteiger charge is -2.03. The molecule has 20 heavy (non-hydrogen) atoms. The molecule has 0 bridgehead atoms. The molecule has 7 nitrogen and oxygen atoms in total. The number of nitrogens with zero attached hydrogens (tertiary/aromatic N) is 4. The fourth-order valence-electron chi connectivity index (χ4n) is 2.30. The van der Waals surface area contributed by atoms with Crippen LogP contribution in [-0.2, 0) is 6.42 Å². The first kappa shape index (κ1) is 13.0. The second-order valence-electron chi connectivity index (χ2n) is 4.87. The second kappa shape index (κ2) is 5.96. The monoisotopic (exact) mass is 275 g/mol. The van der Waals surface area contributed by atoms with Crippen molar-refractivity contribution >= 4 is 0 Å². The largest absolute Gasteiger partial charge is 0.480 e. The molecule has 0 saturated carbocycles. The Bertz CT molecular complexity index is 548. The van der Waals surface area contributed by atoms with Gasteiger partial charge in [-0.15, -0.1) is 10.2 Å². The molecule has 0 aliphatic carbocycles. The van der Waals surface area contributed by atoms with Crippen molar-refractivity contribution in [3.05, 3.63) is 18.0 Å². The van der Waals surface area contributed by atoms with E-state index in [0.29, 0.717) is 29.2 Å². The Hall–Kier alpha value is -2.02. The van der Waals surface area contributed by atoms with Crippen molar-refractivity contribution in [3.63, 3.8) is 0 Å². The zero-order valence-corrected chi connectivity index (χ0v) is 11.4. The molecule has 2 aromatic rings. The van der Waals surface area contributed by atoms with Crippen molar-refractivity contribution in [3.8, 4) is 17.4 Å². The van der Waals surface area contributed by atoms with E-state index in [4.69, 9.17) is 9.26 Å². The molecule has 0 aromatic carbocycles. The molecule has 1 fully saturated rings. The van der Waals surface area contributed by atoms with Gasteiger partial charge in [0, 0.05) is 12.5 Å². The number of ether oxygens (including phenoxy) is 1. The topological polar surface area (TPSA) is 86.0 Å². The van der Waals surface area contributed by atoms with Crippen LogP contribution in [0.15, 0.2) is 16.7 Å². The zero-order chi connectivity index (χ0) is 13.8. The summed E-state index contributed by atoms with van der Waals surface area (Å²) < 4.78 is 10.2.